The minimum absolute atomic E-state index is 0.173. The number of hydrogen-bond acceptors (Lipinski definition) is 3. The second-order valence-corrected chi connectivity index (χ2v) is 9.18. The van der Waals surface area contributed by atoms with Crippen LogP contribution in [0.2, 0.25) is 0 Å². The summed E-state index contributed by atoms with van der Waals surface area (Å²) in [5.74, 6) is 0.566. The maximum Gasteiger partial charge on any atom is 0.174 e. The number of halogens is 1. The predicted octanol–water partition coefficient (Wildman–Crippen LogP) is 6.12. The van der Waals surface area contributed by atoms with Crippen LogP contribution in [-0.4, -0.2) is 21.8 Å². The topological polar surface area (TPSA) is 42.3 Å². The molecule has 0 amide bonds. The molecule has 1 aliphatic rings. The van der Waals surface area contributed by atoms with E-state index in [4.69, 9.17) is 17.0 Å². The highest BCUT2D eigenvalue weighted by molar-refractivity contribution is 7.80. The number of anilines is 1. The Labute approximate surface area is 210 Å². The third-order valence-corrected chi connectivity index (χ3v) is 6.93. The zero-order valence-electron chi connectivity index (χ0n) is 20.1. The number of pyridine rings is 1. The third-order valence-electron chi connectivity index (χ3n) is 6.62. The Morgan fingerprint density at radius 3 is 2.51 bits per heavy atom. The highest BCUT2D eigenvalue weighted by atomic mass is 32.1. The molecule has 2 atom stereocenters. The van der Waals surface area contributed by atoms with E-state index >= 15 is 0 Å². The van der Waals surface area contributed by atoms with Crippen LogP contribution in [0.4, 0.5) is 10.1 Å². The monoisotopic (exact) mass is 486 g/mol. The Morgan fingerprint density at radius 2 is 1.80 bits per heavy atom. The number of hydrogen-bond donors (Lipinski definition) is 1. The van der Waals surface area contributed by atoms with E-state index in [1.165, 1.54) is 6.07 Å². The van der Waals surface area contributed by atoms with Gasteiger partial charge >= 0.3 is 0 Å². The van der Waals surface area contributed by atoms with Crippen LogP contribution in [0, 0.1) is 26.6 Å². The number of nitrogens with one attached hydrogen (secondary N) is 1. The molecule has 0 radical (unpaired) electrons. The molecule has 0 unspecified atom stereocenters. The van der Waals surface area contributed by atoms with Crippen molar-refractivity contribution in [1.82, 2.24) is 14.9 Å². The smallest absolute Gasteiger partial charge is 0.174 e. The first kappa shape index (κ1) is 23.1. The molecule has 178 valence electrons. The number of rotatable bonds is 5. The minimum atomic E-state index is -0.235. The van der Waals surface area contributed by atoms with Crippen LogP contribution in [0.3, 0.4) is 0 Å². The number of nitrogens with zero attached hydrogens (tertiary/aromatic N) is 3. The standard InChI is InChI=1S/C28H27FN4OS/c1-17-14-21(11-12-24(17)29)33-27(26(31-28(33)35)25-10-5-6-13-30-25)23-15-18(2)32(19(23)3)20-8-7-9-22(16-20)34-4/h5-16,26-27H,1-4H3,(H,31,35)/t26-,27-/m1/s1. The number of ether oxygens (including phenoxy) is 1. The SMILES string of the molecule is COc1cccc(-n2c(C)cc([C@@H]3[C@@H](c4ccccn4)NC(=S)N3c3ccc(F)c(C)c3)c2C)c1. The van der Waals surface area contributed by atoms with Gasteiger partial charge in [-0.05, 0) is 92.6 Å². The van der Waals surface area contributed by atoms with Crippen molar-refractivity contribution >= 4 is 23.0 Å². The van der Waals surface area contributed by atoms with Crippen LogP contribution in [0.25, 0.3) is 5.69 Å². The van der Waals surface area contributed by atoms with Crippen LogP contribution in [0.15, 0.2) is 72.9 Å². The summed E-state index contributed by atoms with van der Waals surface area (Å²) >= 11 is 5.83. The van der Waals surface area contributed by atoms with Crippen molar-refractivity contribution in [3.63, 3.8) is 0 Å². The zero-order valence-corrected chi connectivity index (χ0v) is 20.9. The number of benzene rings is 2. The number of methoxy groups -OCH3 is 1. The first-order valence-corrected chi connectivity index (χ1v) is 11.9. The van der Waals surface area contributed by atoms with E-state index in [0.29, 0.717) is 10.7 Å². The molecule has 2 aromatic heterocycles. The largest absolute Gasteiger partial charge is 0.497 e. The van der Waals surface area contributed by atoms with Crippen molar-refractivity contribution in [2.75, 3.05) is 12.0 Å². The molecule has 3 heterocycles. The Bertz CT molecular complexity index is 1400. The fourth-order valence-corrected chi connectivity index (χ4v) is 5.31. The normalized spacial score (nSPS) is 17.5. The molecule has 0 bridgehead atoms. The van der Waals surface area contributed by atoms with Gasteiger partial charge < -0.3 is 19.5 Å². The lowest BCUT2D eigenvalue weighted by molar-refractivity contribution is 0.414. The molecule has 0 spiro atoms. The van der Waals surface area contributed by atoms with E-state index in [1.54, 1.807) is 26.3 Å². The quantitative estimate of drug-likeness (QED) is 0.344. The van der Waals surface area contributed by atoms with Gasteiger partial charge in [0.2, 0.25) is 0 Å². The van der Waals surface area contributed by atoms with Gasteiger partial charge in [0.15, 0.2) is 5.11 Å². The maximum absolute atomic E-state index is 14.1. The Kier molecular flexibility index (Phi) is 6.03. The van der Waals surface area contributed by atoms with Gasteiger partial charge in [-0.15, -0.1) is 0 Å². The van der Waals surface area contributed by atoms with E-state index in [2.05, 4.69) is 45.7 Å². The summed E-state index contributed by atoms with van der Waals surface area (Å²) < 4.78 is 21.8. The van der Waals surface area contributed by atoms with Gasteiger partial charge in [0.1, 0.15) is 11.6 Å². The molecule has 7 heteroatoms. The van der Waals surface area contributed by atoms with Crippen molar-refractivity contribution in [3.8, 4) is 11.4 Å². The van der Waals surface area contributed by atoms with Crippen molar-refractivity contribution in [1.29, 1.82) is 0 Å². The average molecular weight is 487 g/mol. The zero-order chi connectivity index (χ0) is 24.7. The third kappa shape index (κ3) is 4.06. The van der Waals surface area contributed by atoms with Gasteiger partial charge in [-0.25, -0.2) is 4.39 Å². The molecule has 5 nitrogen and oxygen atoms in total. The van der Waals surface area contributed by atoms with Gasteiger partial charge in [0, 0.05) is 35.0 Å². The second-order valence-electron chi connectivity index (χ2n) is 8.79. The first-order valence-electron chi connectivity index (χ1n) is 11.5. The van der Waals surface area contributed by atoms with E-state index in [1.807, 2.05) is 42.5 Å². The van der Waals surface area contributed by atoms with Crippen LogP contribution >= 0.6 is 12.2 Å². The molecule has 1 N–H and O–H groups in total. The van der Waals surface area contributed by atoms with E-state index in [-0.39, 0.29) is 17.9 Å². The maximum atomic E-state index is 14.1. The van der Waals surface area contributed by atoms with Gasteiger partial charge in [-0.1, -0.05) is 12.1 Å². The Hall–Kier alpha value is -3.71. The summed E-state index contributed by atoms with van der Waals surface area (Å²) in [6, 6.07) is 20.9. The Balaban J connectivity index is 1.68. The highest BCUT2D eigenvalue weighted by Crippen LogP contribution is 2.44. The van der Waals surface area contributed by atoms with Crippen molar-refractivity contribution < 1.29 is 9.13 Å². The molecule has 1 aliphatic heterocycles. The van der Waals surface area contributed by atoms with E-state index in [0.717, 1.165) is 39.8 Å². The van der Waals surface area contributed by atoms with Crippen molar-refractivity contribution in [2.45, 2.75) is 32.9 Å². The average Bonchev–Trinajstić information content (AvgIpc) is 3.36. The summed E-state index contributed by atoms with van der Waals surface area (Å²) in [5, 5.41) is 4.07. The van der Waals surface area contributed by atoms with Crippen molar-refractivity contribution in [3.05, 3.63) is 107 Å². The lowest BCUT2D eigenvalue weighted by atomic mass is 9.96. The summed E-state index contributed by atoms with van der Waals surface area (Å²) in [4.78, 5) is 6.72. The summed E-state index contributed by atoms with van der Waals surface area (Å²) in [7, 11) is 1.67. The van der Waals surface area contributed by atoms with Crippen LogP contribution < -0.4 is 15.0 Å². The fourth-order valence-electron chi connectivity index (χ4n) is 4.96. The van der Waals surface area contributed by atoms with Crippen molar-refractivity contribution in [2.24, 2.45) is 0 Å². The van der Waals surface area contributed by atoms with Gasteiger partial charge in [0.25, 0.3) is 0 Å². The molecule has 35 heavy (non-hydrogen) atoms. The molecule has 0 saturated carbocycles. The van der Waals surface area contributed by atoms with Gasteiger partial charge in [0.05, 0.1) is 24.9 Å². The van der Waals surface area contributed by atoms with E-state index < -0.39 is 0 Å². The number of thiocarbonyl (C=S) groups is 1. The first-order chi connectivity index (χ1) is 16.9. The summed E-state index contributed by atoms with van der Waals surface area (Å²) in [6.07, 6.45) is 1.79. The van der Waals surface area contributed by atoms with Gasteiger partial charge in [-0.3, -0.25) is 4.98 Å². The number of aryl methyl sites for hydroxylation is 2. The number of aromatic nitrogens is 2. The Morgan fingerprint density at radius 1 is 0.971 bits per heavy atom. The lowest BCUT2D eigenvalue weighted by Crippen LogP contribution is -2.29. The predicted molar refractivity (Wildman–Crippen MR) is 141 cm³/mol. The minimum Gasteiger partial charge on any atom is -0.497 e. The van der Waals surface area contributed by atoms with Crippen LogP contribution in [0.5, 0.6) is 5.75 Å². The van der Waals surface area contributed by atoms with Crippen LogP contribution in [0.1, 0.15) is 40.3 Å². The molecular weight excluding hydrogens is 459 g/mol. The molecule has 5 rings (SSSR count). The molecule has 4 aromatic rings. The summed E-state index contributed by atoms with van der Waals surface area (Å²) in [6.45, 7) is 5.98. The lowest BCUT2D eigenvalue weighted by Gasteiger charge is -2.28. The molecule has 0 aliphatic carbocycles. The molecule has 1 fully saturated rings. The molecular formula is C28H27FN4OS. The molecule has 1 saturated heterocycles. The molecule has 2 aromatic carbocycles. The van der Waals surface area contributed by atoms with Crippen LogP contribution in [-0.2, 0) is 0 Å². The van der Waals surface area contributed by atoms with E-state index in [9.17, 15) is 4.39 Å². The second kappa shape index (κ2) is 9.15. The van der Waals surface area contributed by atoms with Gasteiger partial charge in [-0.2, -0.15) is 0 Å². The summed E-state index contributed by atoms with van der Waals surface area (Å²) in [5.41, 5.74) is 6.65. The highest BCUT2D eigenvalue weighted by Gasteiger charge is 2.42. The fraction of sp³-hybridized carbons (Fsp3) is 0.214.